The van der Waals surface area contributed by atoms with E-state index in [0.29, 0.717) is 6.54 Å². The number of nitrogens with one attached hydrogen (secondary N) is 1. The third-order valence-electron chi connectivity index (χ3n) is 3.02. The average molecular weight is 266 g/mol. The van der Waals surface area contributed by atoms with E-state index in [9.17, 15) is 4.79 Å². The molecule has 5 heteroatoms. The Morgan fingerprint density at radius 1 is 1.56 bits per heavy atom. The van der Waals surface area contributed by atoms with Crippen molar-refractivity contribution in [2.75, 3.05) is 32.2 Å². The molecular weight excluding hydrogens is 248 g/mol. The summed E-state index contributed by atoms with van der Waals surface area (Å²) in [4.78, 5) is 13.7. The lowest BCUT2D eigenvalue weighted by Gasteiger charge is -2.24. The van der Waals surface area contributed by atoms with Crippen LogP contribution in [0.4, 0.5) is 0 Å². The predicted octanol–water partition coefficient (Wildman–Crippen LogP) is 1.49. The molecule has 1 unspecified atom stereocenters. The molecule has 1 aromatic carbocycles. The van der Waals surface area contributed by atoms with Crippen LogP contribution in [0.15, 0.2) is 24.3 Å². The molecule has 1 N–H and O–H groups in total. The van der Waals surface area contributed by atoms with Crippen molar-refractivity contribution in [3.05, 3.63) is 29.8 Å². The number of ether oxygens (including phenoxy) is 1. The highest BCUT2D eigenvalue weighted by atomic mass is 32.2. The Bertz CT molecular complexity index is 425. The first-order chi connectivity index (χ1) is 8.76. The first-order valence-electron chi connectivity index (χ1n) is 5.92. The Kier molecular flexibility index (Phi) is 4.49. The number of methoxy groups -OCH3 is 1. The summed E-state index contributed by atoms with van der Waals surface area (Å²) in [6.07, 6.45) is 2.02. The van der Waals surface area contributed by atoms with Gasteiger partial charge in [-0.05, 0) is 24.0 Å². The third kappa shape index (κ3) is 2.79. The van der Waals surface area contributed by atoms with Gasteiger partial charge in [0.25, 0.3) is 0 Å². The highest BCUT2D eigenvalue weighted by molar-refractivity contribution is 7.98. The van der Waals surface area contributed by atoms with Gasteiger partial charge in [0.2, 0.25) is 5.91 Å². The van der Waals surface area contributed by atoms with Crippen molar-refractivity contribution in [2.45, 2.75) is 6.17 Å². The van der Waals surface area contributed by atoms with Crippen LogP contribution in [0.5, 0.6) is 5.75 Å². The van der Waals surface area contributed by atoms with E-state index in [2.05, 4.69) is 11.6 Å². The molecule has 0 spiro atoms. The predicted molar refractivity (Wildman–Crippen MR) is 73.8 cm³/mol. The molecule has 18 heavy (non-hydrogen) atoms. The maximum Gasteiger partial charge on any atom is 0.238 e. The van der Waals surface area contributed by atoms with Crippen LogP contribution in [0.3, 0.4) is 0 Å². The van der Waals surface area contributed by atoms with Gasteiger partial charge in [0.15, 0.2) is 0 Å². The van der Waals surface area contributed by atoms with Gasteiger partial charge in [0.05, 0.1) is 13.7 Å². The minimum Gasteiger partial charge on any atom is -0.497 e. The van der Waals surface area contributed by atoms with Crippen LogP contribution in [0.25, 0.3) is 0 Å². The molecule has 1 saturated heterocycles. The lowest BCUT2D eigenvalue weighted by molar-refractivity contribution is -0.127. The van der Waals surface area contributed by atoms with Crippen LogP contribution in [-0.2, 0) is 4.79 Å². The van der Waals surface area contributed by atoms with Crippen LogP contribution < -0.4 is 10.1 Å². The number of carbonyl (C=O) groups is 1. The molecule has 1 fully saturated rings. The zero-order valence-electron chi connectivity index (χ0n) is 10.7. The molecule has 1 amide bonds. The van der Waals surface area contributed by atoms with E-state index in [-0.39, 0.29) is 12.1 Å². The number of rotatable bonds is 5. The smallest absolute Gasteiger partial charge is 0.238 e. The zero-order valence-corrected chi connectivity index (χ0v) is 11.5. The molecule has 1 atom stereocenters. The van der Waals surface area contributed by atoms with Gasteiger partial charge in [0.1, 0.15) is 11.9 Å². The quantitative estimate of drug-likeness (QED) is 0.876. The fourth-order valence-electron chi connectivity index (χ4n) is 2.09. The average Bonchev–Trinajstić information content (AvgIpc) is 2.77. The van der Waals surface area contributed by atoms with Crippen molar-refractivity contribution in [1.82, 2.24) is 10.2 Å². The Balaban J connectivity index is 2.17. The Hall–Kier alpha value is -1.20. The van der Waals surface area contributed by atoms with E-state index in [1.807, 2.05) is 29.2 Å². The Labute approximate surface area is 112 Å². The number of amides is 1. The zero-order chi connectivity index (χ0) is 13.0. The molecule has 98 valence electrons. The summed E-state index contributed by atoms with van der Waals surface area (Å²) >= 11 is 1.75. The number of hydrogen-bond acceptors (Lipinski definition) is 4. The molecule has 1 heterocycles. The number of carbonyl (C=O) groups excluding carboxylic acids is 1. The van der Waals surface area contributed by atoms with Crippen molar-refractivity contribution in [3.63, 3.8) is 0 Å². The fraction of sp³-hybridized carbons (Fsp3) is 0.462. The van der Waals surface area contributed by atoms with Crippen molar-refractivity contribution >= 4 is 17.7 Å². The minimum absolute atomic E-state index is 0.0280. The fourth-order valence-corrected chi connectivity index (χ4v) is 2.47. The van der Waals surface area contributed by atoms with Gasteiger partial charge in [-0.1, -0.05) is 12.1 Å². The molecule has 0 bridgehead atoms. The van der Waals surface area contributed by atoms with Gasteiger partial charge in [0, 0.05) is 12.3 Å². The number of thioether (sulfide) groups is 1. The van der Waals surface area contributed by atoms with Crippen molar-refractivity contribution in [1.29, 1.82) is 0 Å². The second kappa shape index (κ2) is 6.11. The Morgan fingerprint density at radius 2 is 2.39 bits per heavy atom. The number of benzene rings is 1. The molecule has 0 aliphatic carbocycles. The van der Waals surface area contributed by atoms with Crippen LogP contribution >= 0.6 is 11.8 Å². The van der Waals surface area contributed by atoms with Crippen LogP contribution in [0, 0.1) is 0 Å². The molecule has 0 saturated carbocycles. The van der Waals surface area contributed by atoms with Gasteiger partial charge in [-0.2, -0.15) is 11.8 Å². The third-order valence-corrected chi connectivity index (χ3v) is 3.62. The topological polar surface area (TPSA) is 41.6 Å². The van der Waals surface area contributed by atoms with E-state index in [4.69, 9.17) is 4.74 Å². The summed E-state index contributed by atoms with van der Waals surface area (Å²) in [6, 6.07) is 7.85. The van der Waals surface area contributed by atoms with E-state index >= 15 is 0 Å². The second-order valence-electron chi connectivity index (χ2n) is 4.14. The standard InChI is InChI=1S/C13H18N2O2S/c1-17-11-5-3-4-10(8-11)13-14-9-12(16)15(13)6-7-18-2/h3-5,8,13-14H,6-7,9H2,1-2H3. The molecule has 2 rings (SSSR count). The minimum atomic E-state index is -0.0280. The maximum atomic E-state index is 11.8. The summed E-state index contributed by atoms with van der Waals surface area (Å²) in [7, 11) is 1.65. The van der Waals surface area contributed by atoms with Gasteiger partial charge in [-0.3, -0.25) is 10.1 Å². The largest absolute Gasteiger partial charge is 0.497 e. The summed E-state index contributed by atoms with van der Waals surface area (Å²) in [6.45, 7) is 1.19. The van der Waals surface area contributed by atoms with Gasteiger partial charge in [-0.15, -0.1) is 0 Å². The van der Waals surface area contributed by atoms with Crippen LogP contribution in [0.1, 0.15) is 11.7 Å². The van der Waals surface area contributed by atoms with E-state index < -0.39 is 0 Å². The number of nitrogens with zero attached hydrogens (tertiary/aromatic N) is 1. The van der Waals surface area contributed by atoms with E-state index in [0.717, 1.165) is 23.6 Å². The molecule has 4 nitrogen and oxygen atoms in total. The lowest BCUT2D eigenvalue weighted by atomic mass is 10.1. The summed E-state index contributed by atoms with van der Waals surface area (Å²) in [5.74, 6) is 1.93. The lowest BCUT2D eigenvalue weighted by Crippen LogP contribution is -2.32. The highest BCUT2D eigenvalue weighted by Gasteiger charge is 2.31. The molecule has 1 aliphatic rings. The maximum absolute atomic E-state index is 11.8. The first kappa shape index (κ1) is 13.2. The normalized spacial score (nSPS) is 19.3. The SMILES string of the molecule is COc1cccc(C2NCC(=O)N2CCSC)c1. The summed E-state index contributed by atoms with van der Waals surface area (Å²) in [5.41, 5.74) is 1.07. The van der Waals surface area contributed by atoms with E-state index in [1.54, 1.807) is 18.9 Å². The van der Waals surface area contributed by atoms with Crippen LogP contribution in [0.2, 0.25) is 0 Å². The highest BCUT2D eigenvalue weighted by Crippen LogP contribution is 2.25. The first-order valence-corrected chi connectivity index (χ1v) is 7.31. The van der Waals surface area contributed by atoms with E-state index in [1.165, 1.54) is 0 Å². The number of hydrogen-bond donors (Lipinski definition) is 1. The molecule has 0 aromatic heterocycles. The Morgan fingerprint density at radius 3 is 3.11 bits per heavy atom. The van der Waals surface area contributed by atoms with Gasteiger partial charge in [-0.25, -0.2) is 0 Å². The van der Waals surface area contributed by atoms with Gasteiger partial charge < -0.3 is 9.64 Å². The van der Waals surface area contributed by atoms with Crippen molar-refractivity contribution < 1.29 is 9.53 Å². The molecule has 1 aromatic rings. The second-order valence-corrected chi connectivity index (χ2v) is 5.13. The summed E-state index contributed by atoms with van der Waals surface area (Å²) in [5, 5.41) is 3.24. The molecule has 0 radical (unpaired) electrons. The van der Waals surface area contributed by atoms with Crippen molar-refractivity contribution in [3.8, 4) is 5.75 Å². The monoisotopic (exact) mass is 266 g/mol. The molecule has 1 aliphatic heterocycles. The molecular formula is C13H18N2O2S. The van der Waals surface area contributed by atoms with Crippen LogP contribution in [-0.4, -0.2) is 43.0 Å². The summed E-state index contributed by atoms with van der Waals surface area (Å²) < 4.78 is 5.22. The van der Waals surface area contributed by atoms with Crippen molar-refractivity contribution in [2.24, 2.45) is 0 Å². The van der Waals surface area contributed by atoms with Gasteiger partial charge >= 0.3 is 0 Å².